The highest BCUT2D eigenvalue weighted by Gasteiger charge is 2.51. The lowest BCUT2D eigenvalue weighted by atomic mass is 9.97. The van der Waals surface area contributed by atoms with E-state index in [9.17, 15) is 45.6 Å². The van der Waals surface area contributed by atoms with Crippen LogP contribution in [0.4, 0.5) is 0 Å². The van der Waals surface area contributed by atoms with Crippen LogP contribution in [-0.4, -0.2) is 140 Å². The molecule has 9 N–H and O–H groups in total. The molecule has 2 rings (SSSR count). The molecular weight excluding hydrogens is 943 g/mol. The van der Waals surface area contributed by atoms with Gasteiger partial charge < -0.3 is 65.1 Å². The predicted octanol–water partition coefficient (Wildman–Crippen LogP) is 9.78. The Hall–Kier alpha value is -2.31. The summed E-state index contributed by atoms with van der Waals surface area (Å²) in [7, 11) is 0. The number of amides is 1. The number of hydrogen-bond acceptors (Lipinski definition) is 13. The second-order valence-corrected chi connectivity index (χ2v) is 20.7. The van der Waals surface area contributed by atoms with Crippen molar-refractivity contribution >= 4 is 5.91 Å². The molecule has 12 atom stereocenters. The number of nitrogens with one attached hydrogen (secondary N) is 1. The van der Waals surface area contributed by atoms with Gasteiger partial charge in [-0.2, -0.15) is 0 Å². The van der Waals surface area contributed by atoms with Crippen LogP contribution in [0.1, 0.15) is 219 Å². The molecule has 0 aromatic carbocycles. The van der Waals surface area contributed by atoms with Crippen molar-refractivity contribution in [2.45, 2.75) is 293 Å². The molecule has 14 nitrogen and oxygen atoms in total. The van der Waals surface area contributed by atoms with Crippen LogP contribution in [-0.2, 0) is 23.7 Å². The van der Waals surface area contributed by atoms with Gasteiger partial charge >= 0.3 is 0 Å². The lowest BCUT2D eigenvalue weighted by Crippen LogP contribution is -2.65. The van der Waals surface area contributed by atoms with E-state index in [-0.39, 0.29) is 18.9 Å². The van der Waals surface area contributed by atoms with Gasteiger partial charge in [-0.15, -0.1) is 0 Å². The third-order valence-corrected chi connectivity index (χ3v) is 14.2. The zero-order valence-corrected chi connectivity index (χ0v) is 46.1. The number of unbranched alkanes of at least 4 members (excludes halogenated alkanes) is 25. The maximum atomic E-state index is 13.3. The van der Waals surface area contributed by atoms with Crippen LogP contribution in [0.2, 0.25) is 0 Å². The summed E-state index contributed by atoms with van der Waals surface area (Å²) in [5.41, 5.74) is 0. The number of carbonyl (C=O) groups excluding carboxylic acids is 1. The lowest BCUT2D eigenvalue weighted by Gasteiger charge is -2.46. The van der Waals surface area contributed by atoms with E-state index >= 15 is 0 Å². The number of aliphatic hydroxyl groups excluding tert-OH is 8. The van der Waals surface area contributed by atoms with Crippen molar-refractivity contribution in [2.75, 3.05) is 19.8 Å². The van der Waals surface area contributed by atoms with Crippen LogP contribution in [0.25, 0.3) is 0 Å². The molecule has 14 heteroatoms. The van der Waals surface area contributed by atoms with Crippen molar-refractivity contribution < 1.29 is 64.6 Å². The largest absolute Gasteiger partial charge is 0.394 e. The van der Waals surface area contributed by atoms with Gasteiger partial charge in [0, 0.05) is 6.42 Å². The molecule has 12 unspecified atom stereocenters. The van der Waals surface area contributed by atoms with Crippen LogP contribution in [0.15, 0.2) is 60.8 Å². The first-order valence-corrected chi connectivity index (χ1v) is 29.5. The molecule has 74 heavy (non-hydrogen) atoms. The van der Waals surface area contributed by atoms with Crippen LogP contribution >= 0.6 is 0 Å². The minimum Gasteiger partial charge on any atom is -0.394 e. The van der Waals surface area contributed by atoms with Crippen LogP contribution < -0.4 is 5.32 Å². The van der Waals surface area contributed by atoms with Crippen molar-refractivity contribution in [1.82, 2.24) is 5.32 Å². The van der Waals surface area contributed by atoms with Gasteiger partial charge in [-0.1, -0.05) is 216 Å². The van der Waals surface area contributed by atoms with Gasteiger partial charge in [-0.25, -0.2) is 0 Å². The summed E-state index contributed by atoms with van der Waals surface area (Å²) in [4.78, 5) is 13.3. The van der Waals surface area contributed by atoms with E-state index in [0.29, 0.717) is 6.42 Å². The summed E-state index contributed by atoms with van der Waals surface area (Å²) in [6.45, 7) is 2.69. The van der Waals surface area contributed by atoms with Crippen LogP contribution in [0.3, 0.4) is 0 Å². The molecule has 2 aliphatic heterocycles. The highest BCUT2D eigenvalue weighted by Crippen LogP contribution is 2.30. The number of rotatable bonds is 46. The molecule has 1 amide bonds. The summed E-state index contributed by atoms with van der Waals surface area (Å²) < 4.78 is 22.8. The van der Waals surface area contributed by atoms with E-state index in [1.807, 2.05) is 6.08 Å². The first-order chi connectivity index (χ1) is 36.1. The Balaban J connectivity index is 1.78. The molecule has 0 aromatic heterocycles. The molecule has 2 saturated heterocycles. The topological polar surface area (TPSA) is 228 Å². The zero-order chi connectivity index (χ0) is 53.9. The van der Waals surface area contributed by atoms with Crippen molar-refractivity contribution in [3.8, 4) is 0 Å². The third-order valence-electron chi connectivity index (χ3n) is 14.2. The van der Waals surface area contributed by atoms with Crippen molar-refractivity contribution in [3.05, 3.63) is 60.8 Å². The molecule has 0 radical (unpaired) electrons. The second kappa shape index (κ2) is 45.7. The molecule has 0 aromatic rings. The molecule has 0 aliphatic carbocycles. The Kier molecular flexibility index (Phi) is 41.9. The van der Waals surface area contributed by atoms with Crippen molar-refractivity contribution in [2.24, 2.45) is 0 Å². The van der Waals surface area contributed by atoms with E-state index < -0.39 is 86.8 Å². The first-order valence-electron chi connectivity index (χ1n) is 29.5. The molecule has 0 saturated carbocycles. The van der Waals surface area contributed by atoms with Crippen molar-refractivity contribution in [3.63, 3.8) is 0 Å². The fourth-order valence-corrected chi connectivity index (χ4v) is 9.46. The number of aliphatic hydroxyl groups is 8. The first kappa shape index (κ1) is 67.8. The van der Waals surface area contributed by atoms with Gasteiger partial charge in [0.15, 0.2) is 12.6 Å². The summed E-state index contributed by atoms with van der Waals surface area (Å²) in [5, 5.41) is 87.1. The van der Waals surface area contributed by atoms with E-state index in [2.05, 4.69) is 67.8 Å². The molecular formula is C60H107NO13. The Morgan fingerprint density at radius 3 is 1.43 bits per heavy atom. The minimum atomic E-state index is -1.79. The van der Waals surface area contributed by atoms with Gasteiger partial charge in [0.1, 0.15) is 48.8 Å². The Morgan fingerprint density at radius 1 is 0.500 bits per heavy atom. The van der Waals surface area contributed by atoms with E-state index in [1.54, 1.807) is 6.08 Å². The fourth-order valence-electron chi connectivity index (χ4n) is 9.46. The summed E-state index contributed by atoms with van der Waals surface area (Å²) in [6, 6.07) is -0.922. The second-order valence-electron chi connectivity index (χ2n) is 20.7. The van der Waals surface area contributed by atoms with Gasteiger partial charge in [-0.3, -0.25) is 4.79 Å². The minimum absolute atomic E-state index is 0.249. The van der Waals surface area contributed by atoms with Crippen molar-refractivity contribution in [1.29, 1.82) is 0 Å². The maximum absolute atomic E-state index is 13.3. The average molecular weight is 1050 g/mol. The lowest BCUT2D eigenvalue weighted by molar-refractivity contribution is -0.359. The summed E-state index contributed by atoms with van der Waals surface area (Å²) in [6.07, 6.45) is 41.0. The molecule has 2 heterocycles. The average Bonchev–Trinajstić information content (AvgIpc) is 3.40. The number of carbonyl (C=O) groups is 1. The van der Waals surface area contributed by atoms with Gasteiger partial charge in [-0.05, 0) is 57.8 Å². The molecule has 0 spiro atoms. The van der Waals surface area contributed by atoms with Crippen LogP contribution in [0.5, 0.6) is 0 Å². The van der Waals surface area contributed by atoms with E-state index in [4.69, 9.17) is 18.9 Å². The monoisotopic (exact) mass is 1050 g/mol. The smallest absolute Gasteiger partial charge is 0.220 e. The SMILES string of the molecule is CC/C=C\C/C=C\C/C=C\C/C=C\CCCCCCCCCCC(=O)NC(COC1OC(CO)C(OC2OC(CO)C(O)C(O)C2O)C(O)C1O)C(O)/C=C/CCCCCCCCCCCCCCCCCCC. The number of hydrogen-bond donors (Lipinski definition) is 9. The molecule has 430 valence electrons. The standard InChI is InChI=1S/C60H107NO13/c1-3-5-7-9-11-13-15-17-19-21-23-24-26-28-30-32-34-36-38-40-42-44-52(65)61-48(49(64)43-41-39-37-35-33-31-29-27-25-22-20-18-16-14-12-10-8-6-4-2)47-71-59-57(70)55(68)58(51(46-63)73-59)74-60-56(69)54(67)53(66)50(45-62)72-60/h5,7,11,13,17,19,23-24,41,43,48-51,53-60,62-64,66-70H,3-4,6,8-10,12,14-16,18,20-22,25-40,42,44-47H2,1-2H3,(H,61,65)/b7-5-,13-11-,19-17-,24-23-,43-41+. The molecule has 2 fully saturated rings. The highest BCUT2D eigenvalue weighted by molar-refractivity contribution is 5.76. The molecule has 2 aliphatic rings. The van der Waals surface area contributed by atoms with Gasteiger partial charge in [0.05, 0.1) is 32.0 Å². The fraction of sp³-hybridized carbons (Fsp3) is 0.817. The third kappa shape index (κ3) is 31.2. The number of ether oxygens (including phenoxy) is 4. The zero-order valence-electron chi connectivity index (χ0n) is 46.1. The highest BCUT2D eigenvalue weighted by atomic mass is 16.7. The summed E-state index contributed by atoms with van der Waals surface area (Å²) in [5.74, 6) is -0.249. The Labute approximate surface area is 447 Å². The van der Waals surface area contributed by atoms with Crippen LogP contribution in [0, 0.1) is 0 Å². The predicted molar refractivity (Wildman–Crippen MR) is 295 cm³/mol. The number of allylic oxidation sites excluding steroid dienone is 9. The summed E-state index contributed by atoms with van der Waals surface area (Å²) >= 11 is 0. The Bertz CT molecular complexity index is 1470. The van der Waals surface area contributed by atoms with Gasteiger partial charge in [0.2, 0.25) is 5.91 Å². The van der Waals surface area contributed by atoms with Gasteiger partial charge in [0.25, 0.3) is 0 Å². The van der Waals surface area contributed by atoms with E-state index in [0.717, 1.165) is 70.6 Å². The molecule has 0 bridgehead atoms. The quantitative estimate of drug-likeness (QED) is 0.0205. The normalized spacial score (nSPS) is 25.6. The maximum Gasteiger partial charge on any atom is 0.220 e. The Morgan fingerprint density at radius 2 is 0.932 bits per heavy atom. The van der Waals surface area contributed by atoms with E-state index in [1.165, 1.54) is 122 Å².